The molecule has 1 saturated heterocycles. The summed E-state index contributed by atoms with van der Waals surface area (Å²) >= 11 is 1.53. The maximum atomic E-state index is 11.7. The van der Waals surface area contributed by atoms with Gasteiger partial charge in [0.15, 0.2) is 11.5 Å². The van der Waals surface area contributed by atoms with Crippen molar-refractivity contribution in [2.24, 2.45) is 0 Å². The van der Waals surface area contributed by atoms with E-state index < -0.39 is 0 Å². The number of ether oxygens (including phenoxy) is 2. The van der Waals surface area contributed by atoms with Gasteiger partial charge in [0.05, 0.1) is 0 Å². The third-order valence-electron chi connectivity index (χ3n) is 4.94. The Morgan fingerprint density at radius 2 is 2.14 bits per heavy atom. The van der Waals surface area contributed by atoms with E-state index in [9.17, 15) is 4.79 Å². The first kappa shape index (κ1) is 17.9. The van der Waals surface area contributed by atoms with Crippen LogP contribution in [0.15, 0.2) is 36.0 Å². The summed E-state index contributed by atoms with van der Waals surface area (Å²) in [6.07, 6.45) is 5.14. The Labute approximate surface area is 171 Å². The van der Waals surface area contributed by atoms with Crippen LogP contribution in [0, 0.1) is 0 Å². The topological polar surface area (TPSA) is 89.5 Å². The van der Waals surface area contributed by atoms with Crippen molar-refractivity contribution >= 4 is 23.2 Å². The highest BCUT2D eigenvalue weighted by atomic mass is 32.1. The van der Waals surface area contributed by atoms with Gasteiger partial charge in [0.2, 0.25) is 18.6 Å². The van der Waals surface area contributed by atoms with Crippen molar-refractivity contribution in [1.29, 1.82) is 0 Å². The molecule has 2 aliphatic rings. The van der Waals surface area contributed by atoms with Gasteiger partial charge in [-0.3, -0.25) is 4.79 Å². The van der Waals surface area contributed by atoms with Gasteiger partial charge in [-0.15, -0.1) is 11.3 Å². The molecule has 0 bridgehead atoms. The molecule has 0 saturated carbocycles. The lowest BCUT2D eigenvalue weighted by Crippen LogP contribution is -2.30. The van der Waals surface area contributed by atoms with Crippen LogP contribution in [0.5, 0.6) is 11.5 Å². The Bertz CT molecular complexity index is 1040. The molecule has 1 fully saturated rings. The number of nitrogens with one attached hydrogen (secondary N) is 1. The van der Waals surface area contributed by atoms with Crippen LogP contribution < -0.4 is 14.8 Å². The molecule has 1 amide bonds. The Morgan fingerprint density at radius 1 is 1.21 bits per heavy atom. The van der Waals surface area contributed by atoms with Crippen molar-refractivity contribution in [1.82, 2.24) is 19.9 Å². The minimum atomic E-state index is 0.217. The molecule has 2 aliphatic heterocycles. The van der Waals surface area contributed by atoms with Gasteiger partial charge in [-0.2, -0.15) is 0 Å². The highest BCUT2D eigenvalue weighted by Crippen LogP contribution is 2.38. The number of hydrogen-bond donors (Lipinski definition) is 1. The molecule has 1 aromatic carbocycles. The van der Waals surface area contributed by atoms with E-state index in [1.54, 1.807) is 12.4 Å². The van der Waals surface area contributed by atoms with Crippen LogP contribution in [0.25, 0.3) is 21.8 Å². The van der Waals surface area contributed by atoms with Gasteiger partial charge in [0.25, 0.3) is 0 Å². The molecular weight excluding hydrogens is 390 g/mol. The first-order valence-corrected chi connectivity index (χ1v) is 10.3. The lowest BCUT2D eigenvalue weighted by Gasteiger charge is -2.16. The van der Waals surface area contributed by atoms with E-state index >= 15 is 0 Å². The zero-order valence-corrected chi connectivity index (χ0v) is 16.4. The van der Waals surface area contributed by atoms with Crippen molar-refractivity contribution in [3.8, 4) is 33.3 Å². The number of aromatic nitrogens is 3. The van der Waals surface area contributed by atoms with Gasteiger partial charge >= 0.3 is 0 Å². The molecule has 0 aliphatic carbocycles. The maximum absolute atomic E-state index is 11.7. The molecule has 0 spiro atoms. The van der Waals surface area contributed by atoms with Crippen molar-refractivity contribution in [3.63, 3.8) is 0 Å². The molecule has 148 valence electrons. The number of likely N-dealkylation sites (tertiary alicyclic amines) is 1. The molecule has 8 nitrogen and oxygen atoms in total. The monoisotopic (exact) mass is 409 g/mol. The van der Waals surface area contributed by atoms with E-state index in [4.69, 9.17) is 14.5 Å². The number of carbonyl (C=O) groups is 1. The van der Waals surface area contributed by atoms with Gasteiger partial charge in [-0.05, 0) is 24.1 Å². The number of hydrogen-bond acceptors (Lipinski definition) is 8. The third-order valence-corrected chi connectivity index (χ3v) is 5.72. The smallest absolute Gasteiger partial charge is 0.231 e. The van der Waals surface area contributed by atoms with Gasteiger partial charge in [0.1, 0.15) is 10.7 Å². The Kier molecular flexibility index (Phi) is 4.73. The molecule has 0 unspecified atom stereocenters. The summed E-state index contributed by atoms with van der Waals surface area (Å²) < 4.78 is 10.9. The van der Waals surface area contributed by atoms with Crippen LogP contribution in [-0.2, 0) is 4.79 Å². The maximum Gasteiger partial charge on any atom is 0.231 e. The number of benzene rings is 1. The minimum absolute atomic E-state index is 0.217. The number of carbonyl (C=O) groups excluding carboxylic acids is 1. The lowest BCUT2D eigenvalue weighted by molar-refractivity contribution is -0.127. The molecular formula is C20H19N5O3S. The van der Waals surface area contributed by atoms with Gasteiger partial charge in [-0.1, -0.05) is 6.07 Å². The van der Waals surface area contributed by atoms with Crippen LogP contribution >= 0.6 is 11.3 Å². The second kappa shape index (κ2) is 7.67. The van der Waals surface area contributed by atoms with E-state index in [1.165, 1.54) is 11.3 Å². The molecule has 5 rings (SSSR count). The number of amides is 1. The molecule has 3 aromatic rings. The summed E-state index contributed by atoms with van der Waals surface area (Å²) in [5.41, 5.74) is 2.57. The number of anilines is 1. The fourth-order valence-corrected chi connectivity index (χ4v) is 4.13. The number of fused-ring (bicyclic) bond motifs is 1. The largest absolute Gasteiger partial charge is 0.454 e. The highest BCUT2D eigenvalue weighted by Gasteiger charge is 2.20. The number of nitrogens with zero attached hydrogens (tertiary/aromatic N) is 4. The lowest BCUT2D eigenvalue weighted by atomic mass is 10.1. The van der Waals surface area contributed by atoms with Crippen molar-refractivity contribution < 1.29 is 14.3 Å². The van der Waals surface area contributed by atoms with Crippen molar-refractivity contribution in [3.05, 3.63) is 36.0 Å². The Balaban J connectivity index is 1.41. The zero-order valence-electron chi connectivity index (χ0n) is 15.6. The quantitative estimate of drug-likeness (QED) is 0.669. The summed E-state index contributed by atoms with van der Waals surface area (Å²) in [6.45, 7) is 2.32. The van der Waals surface area contributed by atoms with Crippen LogP contribution in [0.2, 0.25) is 0 Å². The van der Waals surface area contributed by atoms with Crippen molar-refractivity contribution in [2.75, 3.05) is 31.7 Å². The highest BCUT2D eigenvalue weighted by molar-refractivity contribution is 7.13. The minimum Gasteiger partial charge on any atom is -0.454 e. The molecule has 29 heavy (non-hydrogen) atoms. The predicted octanol–water partition coefficient (Wildman–Crippen LogP) is 3.03. The van der Waals surface area contributed by atoms with Crippen molar-refractivity contribution in [2.45, 2.75) is 12.8 Å². The van der Waals surface area contributed by atoms with E-state index in [0.717, 1.165) is 40.5 Å². The van der Waals surface area contributed by atoms with Crippen LogP contribution in [-0.4, -0.2) is 52.2 Å². The summed E-state index contributed by atoms with van der Waals surface area (Å²) in [7, 11) is 0. The fraction of sp³-hybridized carbons (Fsp3) is 0.300. The summed E-state index contributed by atoms with van der Waals surface area (Å²) in [6, 6.07) is 5.79. The predicted molar refractivity (Wildman–Crippen MR) is 109 cm³/mol. The average Bonchev–Trinajstić information content (AvgIpc) is 3.50. The first-order valence-electron chi connectivity index (χ1n) is 9.46. The van der Waals surface area contributed by atoms with E-state index in [-0.39, 0.29) is 12.7 Å². The number of rotatable bonds is 6. The summed E-state index contributed by atoms with van der Waals surface area (Å²) in [4.78, 5) is 27.3. The average molecular weight is 409 g/mol. The molecule has 0 radical (unpaired) electrons. The van der Waals surface area contributed by atoms with Crippen LogP contribution in [0.4, 0.5) is 5.95 Å². The molecule has 1 N–H and O–H groups in total. The molecule has 2 aromatic heterocycles. The van der Waals surface area contributed by atoms with Gasteiger partial charge in [0, 0.05) is 49.4 Å². The zero-order chi connectivity index (χ0) is 19.6. The van der Waals surface area contributed by atoms with Crippen LogP contribution in [0.3, 0.4) is 0 Å². The summed E-state index contributed by atoms with van der Waals surface area (Å²) in [5.74, 6) is 2.19. The van der Waals surface area contributed by atoms with Crippen LogP contribution in [0.1, 0.15) is 12.8 Å². The summed E-state index contributed by atoms with van der Waals surface area (Å²) in [5, 5.41) is 5.97. The third kappa shape index (κ3) is 3.61. The van der Waals surface area contributed by atoms with Gasteiger partial charge < -0.3 is 19.7 Å². The van der Waals surface area contributed by atoms with E-state index in [1.807, 2.05) is 28.5 Å². The SMILES string of the molecule is O=C1CCCN1CCNc1ncc(-c2ccc3c(c2)OCO3)c(-c2nccs2)n1. The molecule has 4 heterocycles. The second-order valence-electron chi connectivity index (χ2n) is 6.77. The fourth-order valence-electron chi connectivity index (χ4n) is 3.49. The van der Waals surface area contributed by atoms with E-state index in [2.05, 4.69) is 15.3 Å². The normalized spacial score (nSPS) is 15.2. The number of thiazole rings is 1. The Morgan fingerprint density at radius 3 is 2.97 bits per heavy atom. The van der Waals surface area contributed by atoms with E-state index in [0.29, 0.717) is 31.2 Å². The first-order chi connectivity index (χ1) is 14.3. The second-order valence-corrected chi connectivity index (χ2v) is 7.67. The van der Waals surface area contributed by atoms with Gasteiger partial charge in [-0.25, -0.2) is 15.0 Å². The molecule has 0 atom stereocenters. The molecule has 9 heteroatoms. The Hall–Kier alpha value is -3.20. The standard InChI is InChI=1S/C20H19N5O3S/c26-17-2-1-7-25(17)8-5-22-20-23-11-14(18(24-20)19-21-6-9-29-19)13-3-4-15-16(10-13)28-12-27-15/h3-4,6,9-11H,1-2,5,7-8,12H2,(H,22,23,24).